The largest absolute Gasteiger partial charge is 0.481 e. The summed E-state index contributed by atoms with van der Waals surface area (Å²) in [5.41, 5.74) is 0. The van der Waals surface area contributed by atoms with Gasteiger partial charge in [0.1, 0.15) is 0 Å². The van der Waals surface area contributed by atoms with Gasteiger partial charge in [0.15, 0.2) is 0 Å². The van der Waals surface area contributed by atoms with E-state index in [1.807, 2.05) is 0 Å². The summed E-state index contributed by atoms with van der Waals surface area (Å²) < 4.78 is 4.77. The first-order valence-corrected chi connectivity index (χ1v) is 5.81. The molecular weight excluding hydrogens is 240 g/mol. The zero-order valence-electron chi connectivity index (χ0n) is 11.1. The van der Waals surface area contributed by atoms with E-state index < -0.39 is 12.1 Å². The number of carboxylic acids is 1. The standard InChI is InChI=1S/C11H22N2O5/c1-4-13(6-5-10(15)16)11(17)12(2)7-9(14)8-18-3/h9,14H,4-8H2,1-3H3,(H,15,16). The third kappa shape index (κ3) is 6.41. The Kier molecular flexibility index (Phi) is 8.06. The molecule has 0 aliphatic carbocycles. The lowest BCUT2D eigenvalue weighted by Crippen LogP contribution is -2.45. The molecule has 0 rings (SSSR count). The highest BCUT2D eigenvalue weighted by Crippen LogP contribution is 2.00. The second-order valence-corrected chi connectivity index (χ2v) is 4.00. The molecule has 2 amide bonds. The highest BCUT2D eigenvalue weighted by Gasteiger charge is 2.19. The van der Waals surface area contributed by atoms with Gasteiger partial charge in [0.2, 0.25) is 0 Å². The number of methoxy groups -OCH3 is 1. The van der Waals surface area contributed by atoms with Crippen LogP contribution in [-0.4, -0.2) is 78.5 Å². The molecule has 2 N–H and O–H groups in total. The molecule has 0 aliphatic heterocycles. The minimum atomic E-state index is -0.941. The highest BCUT2D eigenvalue weighted by molar-refractivity contribution is 5.75. The Morgan fingerprint density at radius 3 is 2.44 bits per heavy atom. The minimum absolute atomic E-state index is 0.0892. The van der Waals surface area contributed by atoms with Crippen LogP contribution in [0.1, 0.15) is 13.3 Å². The maximum Gasteiger partial charge on any atom is 0.319 e. The predicted molar refractivity (Wildman–Crippen MR) is 65.4 cm³/mol. The summed E-state index contributed by atoms with van der Waals surface area (Å²) in [6.45, 7) is 2.67. The quantitative estimate of drug-likeness (QED) is 0.634. The predicted octanol–water partition coefficient (Wildman–Crippen LogP) is -0.158. The first-order valence-electron chi connectivity index (χ1n) is 5.81. The summed E-state index contributed by atoms with van der Waals surface area (Å²) >= 11 is 0. The number of carbonyl (C=O) groups excluding carboxylic acids is 1. The first-order chi connectivity index (χ1) is 8.42. The zero-order valence-corrected chi connectivity index (χ0v) is 11.1. The minimum Gasteiger partial charge on any atom is -0.481 e. The van der Waals surface area contributed by atoms with E-state index >= 15 is 0 Å². The molecule has 7 nitrogen and oxygen atoms in total. The summed E-state index contributed by atoms with van der Waals surface area (Å²) in [4.78, 5) is 25.2. The van der Waals surface area contributed by atoms with Crippen LogP contribution in [0, 0.1) is 0 Å². The Morgan fingerprint density at radius 2 is 2.00 bits per heavy atom. The van der Waals surface area contributed by atoms with Crippen molar-refractivity contribution in [2.75, 3.05) is 40.4 Å². The fourth-order valence-electron chi connectivity index (χ4n) is 1.50. The number of aliphatic hydroxyl groups is 1. The Hall–Kier alpha value is -1.34. The smallest absolute Gasteiger partial charge is 0.319 e. The normalized spacial score (nSPS) is 12.0. The zero-order chi connectivity index (χ0) is 14.1. The molecule has 0 spiro atoms. The SMILES string of the molecule is CCN(CCC(=O)O)C(=O)N(C)CC(O)COC. The van der Waals surface area contributed by atoms with Crippen LogP contribution in [0.4, 0.5) is 4.79 Å². The van der Waals surface area contributed by atoms with Crippen molar-refractivity contribution >= 4 is 12.0 Å². The monoisotopic (exact) mass is 262 g/mol. The summed E-state index contributed by atoms with van der Waals surface area (Å²) in [6.07, 6.45) is -0.837. The molecule has 1 atom stereocenters. The van der Waals surface area contributed by atoms with Gasteiger partial charge in [0, 0.05) is 27.2 Å². The summed E-state index contributed by atoms with van der Waals surface area (Å²) in [7, 11) is 3.03. The van der Waals surface area contributed by atoms with Gasteiger partial charge < -0.3 is 24.7 Å². The van der Waals surface area contributed by atoms with Gasteiger partial charge in [-0.2, -0.15) is 0 Å². The van der Waals surface area contributed by atoms with Gasteiger partial charge in [-0.05, 0) is 6.92 Å². The van der Waals surface area contributed by atoms with Gasteiger partial charge >= 0.3 is 12.0 Å². The topological polar surface area (TPSA) is 90.3 Å². The van der Waals surface area contributed by atoms with E-state index in [4.69, 9.17) is 9.84 Å². The van der Waals surface area contributed by atoms with Gasteiger partial charge in [-0.25, -0.2) is 4.79 Å². The van der Waals surface area contributed by atoms with Gasteiger partial charge in [-0.1, -0.05) is 0 Å². The number of hydrogen-bond donors (Lipinski definition) is 2. The molecule has 0 radical (unpaired) electrons. The van der Waals surface area contributed by atoms with E-state index in [2.05, 4.69) is 0 Å². The third-order valence-corrected chi connectivity index (χ3v) is 2.42. The van der Waals surface area contributed by atoms with E-state index in [9.17, 15) is 14.7 Å². The first kappa shape index (κ1) is 16.7. The molecular formula is C11H22N2O5. The van der Waals surface area contributed by atoms with E-state index in [1.165, 1.54) is 16.9 Å². The summed E-state index contributed by atoms with van der Waals surface area (Å²) in [6, 6.07) is -0.297. The number of carboxylic acid groups (broad SMARTS) is 1. The average molecular weight is 262 g/mol. The number of aliphatic carboxylic acids is 1. The highest BCUT2D eigenvalue weighted by atomic mass is 16.5. The Bertz CT molecular complexity index is 272. The van der Waals surface area contributed by atoms with Crippen molar-refractivity contribution in [2.24, 2.45) is 0 Å². The number of aliphatic hydroxyl groups excluding tert-OH is 1. The van der Waals surface area contributed by atoms with Crippen LogP contribution in [0.3, 0.4) is 0 Å². The van der Waals surface area contributed by atoms with Gasteiger partial charge in [-0.15, -0.1) is 0 Å². The molecule has 106 valence electrons. The van der Waals surface area contributed by atoms with Crippen LogP contribution in [0.15, 0.2) is 0 Å². The molecule has 0 bridgehead atoms. The van der Waals surface area contributed by atoms with Crippen molar-refractivity contribution in [3.63, 3.8) is 0 Å². The van der Waals surface area contributed by atoms with Crippen LogP contribution >= 0.6 is 0 Å². The lowest BCUT2D eigenvalue weighted by atomic mass is 10.3. The number of carbonyl (C=O) groups is 2. The molecule has 1 unspecified atom stereocenters. The molecule has 0 aliphatic rings. The van der Waals surface area contributed by atoms with Crippen molar-refractivity contribution in [1.29, 1.82) is 0 Å². The fraction of sp³-hybridized carbons (Fsp3) is 0.818. The van der Waals surface area contributed by atoms with Crippen molar-refractivity contribution < 1.29 is 24.5 Å². The number of amides is 2. The summed E-state index contributed by atoms with van der Waals surface area (Å²) in [5.74, 6) is -0.941. The third-order valence-electron chi connectivity index (χ3n) is 2.42. The van der Waals surface area contributed by atoms with Gasteiger partial charge in [0.25, 0.3) is 0 Å². The van der Waals surface area contributed by atoms with Crippen LogP contribution in [0.5, 0.6) is 0 Å². The number of rotatable bonds is 8. The number of urea groups is 1. The Morgan fingerprint density at radius 1 is 1.39 bits per heavy atom. The molecule has 0 fully saturated rings. The lowest BCUT2D eigenvalue weighted by Gasteiger charge is -2.28. The molecule has 18 heavy (non-hydrogen) atoms. The Balaban J connectivity index is 4.26. The van der Waals surface area contributed by atoms with E-state index in [0.717, 1.165) is 0 Å². The molecule has 0 aromatic heterocycles. The number of hydrogen-bond acceptors (Lipinski definition) is 4. The number of ether oxygens (including phenoxy) is 1. The molecule has 0 aromatic rings. The number of likely N-dealkylation sites (N-methyl/N-ethyl adjacent to an activating group) is 1. The van der Waals surface area contributed by atoms with Crippen molar-refractivity contribution in [3.8, 4) is 0 Å². The van der Waals surface area contributed by atoms with E-state index in [-0.39, 0.29) is 32.1 Å². The Labute approximate surface area is 107 Å². The number of nitrogens with zero attached hydrogens (tertiary/aromatic N) is 2. The molecule has 7 heteroatoms. The van der Waals surface area contributed by atoms with Crippen LogP contribution in [0.25, 0.3) is 0 Å². The molecule has 0 heterocycles. The maximum absolute atomic E-state index is 11.9. The van der Waals surface area contributed by atoms with Crippen LogP contribution in [-0.2, 0) is 9.53 Å². The van der Waals surface area contributed by atoms with Crippen molar-refractivity contribution in [2.45, 2.75) is 19.4 Å². The van der Waals surface area contributed by atoms with Crippen molar-refractivity contribution in [1.82, 2.24) is 9.80 Å². The van der Waals surface area contributed by atoms with Crippen LogP contribution < -0.4 is 0 Å². The fourth-order valence-corrected chi connectivity index (χ4v) is 1.50. The average Bonchev–Trinajstić information content (AvgIpc) is 2.29. The second kappa shape index (κ2) is 8.71. The summed E-state index contributed by atoms with van der Waals surface area (Å²) in [5, 5.41) is 18.1. The molecule has 0 saturated heterocycles. The van der Waals surface area contributed by atoms with Gasteiger partial charge in [-0.3, -0.25) is 4.79 Å². The second-order valence-electron chi connectivity index (χ2n) is 4.00. The molecule has 0 saturated carbocycles. The maximum atomic E-state index is 11.9. The molecule has 0 aromatic carbocycles. The van der Waals surface area contributed by atoms with Gasteiger partial charge in [0.05, 0.1) is 25.7 Å². The van der Waals surface area contributed by atoms with Crippen LogP contribution in [0.2, 0.25) is 0 Å². The lowest BCUT2D eigenvalue weighted by molar-refractivity contribution is -0.137. The van der Waals surface area contributed by atoms with E-state index in [0.29, 0.717) is 6.54 Å². The van der Waals surface area contributed by atoms with E-state index in [1.54, 1.807) is 14.0 Å². The van der Waals surface area contributed by atoms with Crippen molar-refractivity contribution in [3.05, 3.63) is 0 Å².